The molecule has 0 aromatic rings. The van der Waals surface area contributed by atoms with E-state index in [1.54, 1.807) is 12.2 Å². The molecular formula is C20H26O4. The fraction of sp³-hybridized carbons (Fsp3) is 0.700. The highest BCUT2D eigenvalue weighted by Crippen LogP contribution is 2.62. The SMILES string of the molecule is CC(=O)O[C@H]1CC[C@H]2[C@@H]3CCC4=CC(=O)C=C[C@]4(O)[C@H]3CC[C@]12C. The summed E-state index contributed by atoms with van der Waals surface area (Å²) in [5.74, 6) is 0.896. The zero-order valence-electron chi connectivity index (χ0n) is 14.5. The van der Waals surface area contributed by atoms with Crippen molar-refractivity contribution in [3.8, 4) is 0 Å². The third-order valence-electron chi connectivity index (χ3n) is 7.30. The molecule has 0 unspecified atom stereocenters. The van der Waals surface area contributed by atoms with E-state index in [-0.39, 0.29) is 29.2 Å². The van der Waals surface area contributed by atoms with Crippen molar-refractivity contribution in [3.05, 3.63) is 23.8 Å². The molecule has 6 atom stereocenters. The van der Waals surface area contributed by atoms with Gasteiger partial charge in [0.15, 0.2) is 5.78 Å². The molecule has 0 amide bonds. The van der Waals surface area contributed by atoms with E-state index in [9.17, 15) is 14.7 Å². The summed E-state index contributed by atoms with van der Waals surface area (Å²) in [4.78, 5) is 23.1. The lowest BCUT2D eigenvalue weighted by atomic mass is 9.51. The Morgan fingerprint density at radius 3 is 2.79 bits per heavy atom. The van der Waals surface area contributed by atoms with Crippen molar-refractivity contribution in [1.82, 2.24) is 0 Å². The molecule has 0 radical (unpaired) electrons. The Balaban J connectivity index is 1.63. The Labute approximate surface area is 143 Å². The lowest BCUT2D eigenvalue weighted by Gasteiger charge is -2.55. The second kappa shape index (κ2) is 5.29. The average Bonchev–Trinajstić information content (AvgIpc) is 2.84. The van der Waals surface area contributed by atoms with Crippen molar-refractivity contribution in [1.29, 1.82) is 0 Å². The van der Waals surface area contributed by atoms with Crippen LogP contribution in [0.5, 0.6) is 0 Å². The number of aliphatic hydroxyl groups is 1. The molecule has 4 rings (SSSR count). The van der Waals surface area contributed by atoms with Gasteiger partial charge in [-0.05, 0) is 80.1 Å². The van der Waals surface area contributed by atoms with Gasteiger partial charge in [0, 0.05) is 12.3 Å². The monoisotopic (exact) mass is 330 g/mol. The van der Waals surface area contributed by atoms with Crippen LogP contribution in [0.2, 0.25) is 0 Å². The standard InChI is InChI=1S/C20H26O4/c1-12(21)24-18-6-5-16-15-4-3-13-11-14(22)7-10-20(13,23)17(15)8-9-19(16,18)2/h7,10-11,15-18,23H,3-6,8-9H2,1-2H3/t15-,16-,17-,18-,19-,20+/m0/s1. The van der Waals surface area contributed by atoms with Crippen LogP contribution < -0.4 is 0 Å². The van der Waals surface area contributed by atoms with Gasteiger partial charge in [-0.1, -0.05) is 6.92 Å². The quantitative estimate of drug-likeness (QED) is 0.751. The van der Waals surface area contributed by atoms with Crippen LogP contribution >= 0.6 is 0 Å². The summed E-state index contributed by atoms with van der Waals surface area (Å²) in [6, 6.07) is 0. The first-order chi connectivity index (χ1) is 11.3. The fourth-order valence-electron chi connectivity index (χ4n) is 6.19. The van der Waals surface area contributed by atoms with Crippen LogP contribution in [-0.4, -0.2) is 28.6 Å². The molecular weight excluding hydrogens is 304 g/mol. The van der Waals surface area contributed by atoms with Gasteiger partial charge in [-0.2, -0.15) is 0 Å². The highest BCUT2D eigenvalue weighted by Gasteiger charge is 2.60. The Morgan fingerprint density at radius 2 is 2.04 bits per heavy atom. The van der Waals surface area contributed by atoms with Crippen LogP contribution in [0, 0.1) is 23.2 Å². The Hall–Kier alpha value is -1.42. The molecule has 4 aliphatic rings. The minimum Gasteiger partial charge on any atom is -0.462 e. The van der Waals surface area contributed by atoms with Gasteiger partial charge in [0.2, 0.25) is 0 Å². The number of rotatable bonds is 1. The minimum atomic E-state index is -0.947. The molecule has 3 saturated carbocycles. The molecule has 4 heteroatoms. The first-order valence-electron chi connectivity index (χ1n) is 9.18. The molecule has 0 aliphatic heterocycles. The van der Waals surface area contributed by atoms with E-state index in [0.717, 1.165) is 44.1 Å². The van der Waals surface area contributed by atoms with Crippen LogP contribution in [0.25, 0.3) is 0 Å². The fourth-order valence-corrected chi connectivity index (χ4v) is 6.19. The molecule has 24 heavy (non-hydrogen) atoms. The summed E-state index contributed by atoms with van der Waals surface area (Å²) in [5, 5.41) is 11.3. The van der Waals surface area contributed by atoms with Crippen molar-refractivity contribution in [3.63, 3.8) is 0 Å². The summed E-state index contributed by atoms with van der Waals surface area (Å²) >= 11 is 0. The van der Waals surface area contributed by atoms with Crippen LogP contribution in [0.15, 0.2) is 23.8 Å². The third-order valence-corrected chi connectivity index (χ3v) is 7.30. The van der Waals surface area contributed by atoms with Crippen LogP contribution in [0.4, 0.5) is 0 Å². The second-order valence-corrected chi connectivity index (χ2v) is 8.37. The van der Waals surface area contributed by atoms with E-state index >= 15 is 0 Å². The van der Waals surface area contributed by atoms with Gasteiger partial charge in [-0.25, -0.2) is 0 Å². The third kappa shape index (κ3) is 2.15. The van der Waals surface area contributed by atoms with Crippen molar-refractivity contribution in [2.75, 3.05) is 0 Å². The van der Waals surface area contributed by atoms with Crippen LogP contribution in [-0.2, 0) is 14.3 Å². The molecule has 1 N–H and O–H groups in total. The highest BCUT2D eigenvalue weighted by atomic mass is 16.5. The average molecular weight is 330 g/mol. The van der Waals surface area contributed by atoms with Gasteiger partial charge in [-0.15, -0.1) is 0 Å². The first kappa shape index (κ1) is 16.1. The normalized spacial score (nSPS) is 46.6. The summed E-state index contributed by atoms with van der Waals surface area (Å²) in [6.45, 7) is 3.76. The topological polar surface area (TPSA) is 63.6 Å². The molecule has 0 heterocycles. The molecule has 130 valence electrons. The number of ether oxygens (including phenoxy) is 1. The lowest BCUT2D eigenvalue weighted by Crippen LogP contribution is -2.54. The Kier molecular flexibility index (Phi) is 3.54. The van der Waals surface area contributed by atoms with E-state index in [0.29, 0.717) is 11.8 Å². The number of carbonyl (C=O) groups is 2. The summed E-state index contributed by atoms with van der Waals surface area (Å²) in [7, 11) is 0. The van der Waals surface area contributed by atoms with E-state index in [1.165, 1.54) is 13.0 Å². The predicted molar refractivity (Wildman–Crippen MR) is 89.0 cm³/mol. The molecule has 4 nitrogen and oxygen atoms in total. The van der Waals surface area contributed by atoms with Gasteiger partial charge in [0.25, 0.3) is 0 Å². The smallest absolute Gasteiger partial charge is 0.302 e. The maximum atomic E-state index is 11.7. The molecule has 0 saturated heterocycles. The maximum Gasteiger partial charge on any atom is 0.302 e. The van der Waals surface area contributed by atoms with E-state index in [2.05, 4.69) is 6.92 Å². The molecule has 0 bridgehead atoms. The lowest BCUT2D eigenvalue weighted by molar-refractivity contribution is -0.158. The van der Waals surface area contributed by atoms with Gasteiger partial charge in [-0.3, -0.25) is 9.59 Å². The molecule has 3 fully saturated rings. The van der Waals surface area contributed by atoms with Gasteiger partial charge in [0.1, 0.15) is 11.7 Å². The minimum absolute atomic E-state index is 0.00967. The number of allylic oxidation sites excluding steroid dienone is 2. The summed E-state index contributed by atoms with van der Waals surface area (Å²) < 4.78 is 5.64. The van der Waals surface area contributed by atoms with Crippen LogP contribution in [0.3, 0.4) is 0 Å². The number of ketones is 1. The number of esters is 1. The van der Waals surface area contributed by atoms with Crippen molar-refractivity contribution < 1.29 is 19.4 Å². The van der Waals surface area contributed by atoms with Crippen molar-refractivity contribution in [2.24, 2.45) is 23.2 Å². The van der Waals surface area contributed by atoms with E-state index in [1.807, 2.05) is 0 Å². The zero-order chi connectivity index (χ0) is 17.1. The second-order valence-electron chi connectivity index (χ2n) is 8.37. The molecule has 0 aromatic heterocycles. The molecule has 0 aromatic carbocycles. The zero-order valence-corrected chi connectivity index (χ0v) is 14.5. The van der Waals surface area contributed by atoms with Gasteiger partial charge >= 0.3 is 5.97 Å². The van der Waals surface area contributed by atoms with E-state index in [4.69, 9.17) is 4.74 Å². The number of hydrogen-bond acceptors (Lipinski definition) is 4. The largest absolute Gasteiger partial charge is 0.462 e. The van der Waals surface area contributed by atoms with Crippen molar-refractivity contribution >= 4 is 11.8 Å². The van der Waals surface area contributed by atoms with E-state index < -0.39 is 5.60 Å². The van der Waals surface area contributed by atoms with Crippen LogP contribution in [0.1, 0.15) is 52.4 Å². The Bertz CT molecular complexity index is 648. The number of hydrogen-bond donors (Lipinski definition) is 1. The predicted octanol–water partition coefficient (Wildman–Crippen LogP) is 2.95. The highest BCUT2D eigenvalue weighted by molar-refractivity contribution is 6.01. The van der Waals surface area contributed by atoms with Gasteiger partial charge < -0.3 is 9.84 Å². The molecule has 0 spiro atoms. The summed E-state index contributed by atoms with van der Waals surface area (Å²) in [6.07, 6.45) is 10.6. The number of fused-ring (bicyclic) bond motifs is 5. The molecule has 4 aliphatic carbocycles. The van der Waals surface area contributed by atoms with Gasteiger partial charge in [0.05, 0.1) is 0 Å². The Morgan fingerprint density at radius 1 is 1.25 bits per heavy atom. The maximum absolute atomic E-state index is 11.7. The first-order valence-corrected chi connectivity index (χ1v) is 9.18. The number of carbonyl (C=O) groups excluding carboxylic acids is 2. The van der Waals surface area contributed by atoms with Crippen molar-refractivity contribution in [2.45, 2.75) is 64.1 Å². The summed E-state index contributed by atoms with van der Waals surface area (Å²) in [5.41, 5.74) is -0.0228.